The van der Waals surface area contributed by atoms with E-state index in [2.05, 4.69) is 11.6 Å². The number of rotatable bonds is 2. The van der Waals surface area contributed by atoms with Gasteiger partial charge in [-0.3, -0.25) is 0 Å². The van der Waals surface area contributed by atoms with E-state index in [-0.39, 0.29) is 5.54 Å². The second-order valence-electron chi connectivity index (χ2n) is 3.93. The fourth-order valence-electron chi connectivity index (χ4n) is 1.44. The second kappa shape index (κ2) is 4.11. The maximum absolute atomic E-state index is 5.92. The number of benzene rings is 1. The molecule has 0 fully saturated rings. The van der Waals surface area contributed by atoms with Crippen molar-refractivity contribution in [3.63, 3.8) is 0 Å². The minimum atomic E-state index is -0.357. The second-order valence-corrected chi connectivity index (χ2v) is 4.80. The van der Waals surface area contributed by atoms with Gasteiger partial charge in [-0.2, -0.15) is 0 Å². The zero-order chi connectivity index (χ0) is 11.8. The maximum Gasteiger partial charge on any atom is 0.217 e. The Morgan fingerprint density at radius 2 is 2.00 bits per heavy atom. The van der Waals surface area contributed by atoms with Gasteiger partial charge in [0.25, 0.3) is 0 Å². The van der Waals surface area contributed by atoms with E-state index < -0.39 is 0 Å². The first kappa shape index (κ1) is 11.5. The Labute approximate surface area is 105 Å². The van der Waals surface area contributed by atoms with Gasteiger partial charge in [-0.15, -0.1) is 6.58 Å². The average Bonchev–Trinajstić information content (AvgIpc) is 2.61. The molecule has 2 rings (SSSR count). The summed E-state index contributed by atoms with van der Waals surface area (Å²) in [4.78, 5) is 4.45. The van der Waals surface area contributed by atoms with Crippen LogP contribution in [-0.4, -0.2) is 18.0 Å². The van der Waals surface area contributed by atoms with Crippen molar-refractivity contribution >= 4 is 29.1 Å². The molecule has 0 N–H and O–H groups in total. The predicted molar refractivity (Wildman–Crippen MR) is 67.6 cm³/mol. The van der Waals surface area contributed by atoms with E-state index in [1.54, 1.807) is 24.3 Å². The molecule has 1 heterocycles. The standard InChI is InChI=1S/C12H11Cl2NO/c1-3-12(2)7-16-11(15-12)8-4-9(13)6-10(14)5-8/h3-6H,1,7H2,2H3. The van der Waals surface area contributed by atoms with Crippen LogP contribution in [0, 0.1) is 0 Å². The van der Waals surface area contributed by atoms with Gasteiger partial charge in [0.15, 0.2) is 0 Å². The van der Waals surface area contributed by atoms with Gasteiger partial charge in [-0.25, -0.2) is 4.99 Å². The zero-order valence-electron chi connectivity index (χ0n) is 8.84. The van der Waals surface area contributed by atoms with Gasteiger partial charge in [0.1, 0.15) is 12.1 Å². The lowest BCUT2D eigenvalue weighted by molar-refractivity contribution is 0.295. The molecule has 1 aliphatic rings. The first-order valence-electron chi connectivity index (χ1n) is 4.85. The van der Waals surface area contributed by atoms with Gasteiger partial charge in [-0.1, -0.05) is 29.3 Å². The third kappa shape index (κ3) is 2.23. The Morgan fingerprint density at radius 3 is 2.50 bits per heavy atom. The molecule has 1 aliphatic heterocycles. The molecular weight excluding hydrogens is 245 g/mol. The first-order chi connectivity index (χ1) is 7.52. The Morgan fingerprint density at radius 1 is 1.38 bits per heavy atom. The van der Waals surface area contributed by atoms with Crippen molar-refractivity contribution in [2.75, 3.05) is 6.61 Å². The van der Waals surface area contributed by atoms with Crippen molar-refractivity contribution in [2.45, 2.75) is 12.5 Å². The van der Waals surface area contributed by atoms with Crippen LogP contribution in [0.2, 0.25) is 10.0 Å². The highest BCUT2D eigenvalue weighted by Crippen LogP contribution is 2.25. The van der Waals surface area contributed by atoms with E-state index in [1.807, 2.05) is 6.92 Å². The normalized spacial score (nSPS) is 23.8. The first-order valence-corrected chi connectivity index (χ1v) is 5.61. The van der Waals surface area contributed by atoms with Crippen molar-refractivity contribution in [1.29, 1.82) is 0 Å². The Hall–Kier alpha value is -0.990. The molecule has 1 unspecified atom stereocenters. The highest BCUT2D eigenvalue weighted by molar-refractivity contribution is 6.35. The number of hydrogen-bond donors (Lipinski definition) is 0. The number of ether oxygens (including phenoxy) is 1. The number of aliphatic imine (C=N–C) groups is 1. The average molecular weight is 256 g/mol. The molecule has 1 aromatic rings. The van der Waals surface area contributed by atoms with Gasteiger partial charge in [0, 0.05) is 15.6 Å². The quantitative estimate of drug-likeness (QED) is 0.739. The molecule has 0 aliphatic carbocycles. The molecule has 0 amide bonds. The van der Waals surface area contributed by atoms with Crippen LogP contribution in [0.15, 0.2) is 35.8 Å². The molecule has 2 nitrogen and oxygen atoms in total. The summed E-state index contributed by atoms with van der Waals surface area (Å²) in [5.74, 6) is 0.562. The lowest BCUT2D eigenvalue weighted by atomic mass is 10.1. The predicted octanol–water partition coefficient (Wildman–Crippen LogP) is 3.71. The van der Waals surface area contributed by atoms with Crippen LogP contribution in [-0.2, 0) is 4.74 Å². The molecular formula is C12H11Cl2NO. The van der Waals surface area contributed by atoms with Crippen LogP contribution in [0.4, 0.5) is 0 Å². The third-order valence-electron chi connectivity index (χ3n) is 2.41. The van der Waals surface area contributed by atoms with E-state index >= 15 is 0 Å². The number of nitrogens with zero attached hydrogens (tertiary/aromatic N) is 1. The fraction of sp³-hybridized carbons (Fsp3) is 0.250. The summed E-state index contributed by atoms with van der Waals surface area (Å²) in [5.41, 5.74) is 0.437. The zero-order valence-corrected chi connectivity index (χ0v) is 10.3. The summed E-state index contributed by atoms with van der Waals surface area (Å²) < 4.78 is 5.52. The van der Waals surface area contributed by atoms with Crippen LogP contribution in [0.25, 0.3) is 0 Å². The van der Waals surface area contributed by atoms with Crippen LogP contribution in [0.1, 0.15) is 12.5 Å². The largest absolute Gasteiger partial charge is 0.475 e. The van der Waals surface area contributed by atoms with E-state index in [1.165, 1.54) is 0 Å². The topological polar surface area (TPSA) is 21.6 Å². The minimum Gasteiger partial charge on any atom is -0.475 e. The van der Waals surface area contributed by atoms with Crippen LogP contribution < -0.4 is 0 Å². The minimum absolute atomic E-state index is 0.357. The molecule has 84 valence electrons. The van der Waals surface area contributed by atoms with Crippen molar-refractivity contribution < 1.29 is 4.74 Å². The van der Waals surface area contributed by atoms with Gasteiger partial charge >= 0.3 is 0 Å². The number of halogens is 2. The summed E-state index contributed by atoms with van der Waals surface area (Å²) in [6, 6.07) is 5.23. The molecule has 0 aromatic heterocycles. The van der Waals surface area contributed by atoms with E-state index in [0.717, 1.165) is 5.56 Å². The van der Waals surface area contributed by atoms with Crippen molar-refractivity contribution in [3.05, 3.63) is 46.5 Å². The maximum atomic E-state index is 5.92. The van der Waals surface area contributed by atoms with Crippen molar-refractivity contribution in [1.82, 2.24) is 0 Å². The van der Waals surface area contributed by atoms with Crippen molar-refractivity contribution in [2.24, 2.45) is 4.99 Å². The SMILES string of the molecule is C=CC1(C)COC(c2cc(Cl)cc(Cl)c2)=N1. The van der Waals surface area contributed by atoms with Gasteiger partial charge in [-0.05, 0) is 25.1 Å². The summed E-state index contributed by atoms with van der Waals surface area (Å²) >= 11 is 11.8. The lowest BCUT2D eigenvalue weighted by Gasteiger charge is -2.09. The molecule has 16 heavy (non-hydrogen) atoms. The lowest BCUT2D eigenvalue weighted by Crippen LogP contribution is -2.19. The van der Waals surface area contributed by atoms with E-state index in [4.69, 9.17) is 27.9 Å². The summed E-state index contributed by atoms with van der Waals surface area (Å²) in [6.45, 7) is 6.19. The van der Waals surface area contributed by atoms with Crippen molar-refractivity contribution in [3.8, 4) is 0 Å². The molecule has 0 spiro atoms. The highest BCUT2D eigenvalue weighted by atomic mass is 35.5. The Balaban J connectivity index is 2.39. The smallest absolute Gasteiger partial charge is 0.217 e. The Kier molecular flexibility index (Phi) is 2.96. The molecule has 0 saturated heterocycles. The molecule has 1 atom stereocenters. The van der Waals surface area contributed by atoms with Crippen LogP contribution in [0.5, 0.6) is 0 Å². The summed E-state index contributed by atoms with van der Waals surface area (Å²) in [7, 11) is 0. The van der Waals surface area contributed by atoms with E-state index in [0.29, 0.717) is 22.5 Å². The molecule has 0 radical (unpaired) electrons. The van der Waals surface area contributed by atoms with Gasteiger partial charge in [0.05, 0.1) is 0 Å². The molecule has 4 heteroatoms. The van der Waals surface area contributed by atoms with E-state index in [9.17, 15) is 0 Å². The highest BCUT2D eigenvalue weighted by Gasteiger charge is 2.29. The third-order valence-corrected chi connectivity index (χ3v) is 2.84. The molecule has 1 aromatic carbocycles. The van der Waals surface area contributed by atoms with Crippen LogP contribution >= 0.6 is 23.2 Å². The summed E-state index contributed by atoms with van der Waals surface area (Å²) in [6.07, 6.45) is 1.77. The van der Waals surface area contributed by atoms with Crippen LogP contribution in [0.3, 0.4) is 0 Å². The van der Waals surface area contributed by atoms with Gasteiger partial charge in [0.2, 0.25) is 5.90 Å². The fourth-order valence-corrected chi connectivity index (χ4v) is 1.97. The summed E-state index contributed by atoms with van der Waals surface area (Å²) in [5, 5.41) is 1.14. The molecule has 0 bridgehead atoms. The number of hydrogen-bond acceptors (Lipinski definition) is 2. The Bertz CT molecular complexity index is 450. The molecule has 0 saturated carbocycles. The monoisotopic (exact) mass is 255 g/mol. The van der Waals surface area contributed by atoms with Gasteiger partial charge < -0.3 is 4.74 Å².